The molecule has 0 atom stereocenters. The number of ether oxygens (including phenoxy) is 2. The van der Waals surface area contributed by atoms with Crippen LogP contribution < -0.4 is 9.47 Å². The van der Waals surface area contributed by atoms with E-state index in [1.54, 1.807) is 36.4 Å². The standard InChI is InChI=1S/C21H16FNO6/c1-27-17-4-2-3-14(11-17)20(24)10-8-16-6-7-18(29-16)13-28-21-12-15(22)5-9-19(21)23(25)26/h2-12H,13H2,1H3/b10-8+. The Balaban J connectivity index is 1.65. The highest BCUT2D eigenvalue weighted by molar-refractivity contribution is 6.06. The molecule has 0 aliphatic carbocycles. The Kier molecular flexibility index (Phi) is 6.03. The second-order valence-corrected chi connectivity index (χ2v) is 5.89. The van der Waals surface area contributed by atoms with Crippen molar-refractivity contribution in [2.75, 3.05) is 7.11 Å². The second kappa shape index (κ2) is 8.83. The summed E-state index contributed by atoms with van der Waals surface area (Å²) in [5.74, 6) is 0.258. The van der Waals surface area contributed by atoms with Gasteiger partial charge in [-0.25, -0.2) is 4.39 Å². The molecule has 0 amide bonds. The topological polar surface area (TPSA) is 91.8 Å². The van der Waals surface area contributed by atoms with Crippen molar-refractivity contribution in [2.24, 2.45) is 0 Å². The monoisotopic (exact) mass is 397 g/mol. The van der Waals surface area contributed by atoms with Crippen LogP contribution in [0.25, 0.3) is 6.08 Å². The zero-order chi connectivity index (χ0) is 20.8. The van der Waals surface area contributed by atoms with Crippen LogP contribution in [0.5, 0.6) is 11.5 Å². The molecule has 0 bridgehead atoms. The number of methoxy groups -OCH3 is 1. The van der Waals surface area contributed by atoms with Crippen LogP contribution in [0.4, 0.5) is 10.1 Å². The number of benzene rings is 2. The van der Waals surface area contributed by atoms with Crippen LogP contribution in [-0.2, 0) is 6.61 Å². The van der Waals surface area contributed by atoms with Crippen LogP contribution in [0.3, 0.4) is 0 Å². The molecule has 0 saturated carbocycles. The molecule has 0 fully saturated rings. The maximum absolute atomic E-state index is 13.3. The zero-order valence-corrected chi connectivity index (χ0v) is 15.3. The van der Waals surface area contributed by atoms with Gasteiger partial charge in [0.2, 0.25) is 0 Å². The molecule has 1 aromatic heterocycles. The Morgan fingerprint density at radius 3 is 2.79 bits per heavy atom. The molecule has 2 aromatic carbocycles. The Labute approximate surface area is 165 Å². The first-order chi connectivity index (χ1) is 14.0. The first-order valence-corrected chi connectivity index (χ1v) is 8.48. The molecule has 0 N–H and O–H groups in total. The lowest BCUT2D eigenvalue weighted by molar-refractivity contribution is -0.386. The summed E-state index contributed by atoms with van der Waals surface area (Å²) in [6.07, 6.45) is 2.85. The average molecular weight is 397 g/mol. The minimum atomic E-state index is -0.657. The number of halogens is 1. The molecule has 8 heteroatoms. The third kappa shape index (κ3) is 5.07. The highest BCUT2D eigenvalue weighted by Crippen LogP contribution is 2.28. The highest BCUT2D eigenvalue weighted by atomic mass is 19.1. The lowest BCUT2D eigenvalue weighted by Crippen LogP contribution is -1.99. The molecule has 7 nitrogen and oxygen atoms in total. The zero-order valence-electron chi connectivity index (χ0n) is 15.3. The Hall–Kier alpha value is -3.94. The van der Waals surface area contributed by atoms with E-state index in [0.717, 1.165) is 18.2 Å². The normalized spacial score (nSPS) is 10.8. The Morgan fingerprint density at radius 1 is 1.21 bits per heavy atom. The Morgan fingerprint density at radius 2 is 2.03 bits per heavy atom. The van der Waals surface area contributed by atoms with E-state index in [9.17, 15) is 19.3 Å². The summed E-state index contributed by atoms with van der Waals surface area (Å²) < 4.78 is 29.3. The second-order valence-electron chi connectivity index (χ2n) is 5.89. The number of nitro benzene ring substituents is 1. The van der Waals surface area contributed by atoms with Gasteiger partial charge in [0.05, 0.1) is 12.0 Å². The third-order valence-corrected chi connectivity index (χ3v) is 3.92. The molecule has 0 saturated heterocycles. The molecule has 0 spiro atoms. The van der Waals surface area contributed by atoms with Gasteiger partial charge in [0.1, 0.15) is 29.7 Å². The van der Waals surface area contributed by atoms with Gasteiger partial charge in [0.25, 0.3) is 0 Å². The fraction of sp³-hybridized carbons (Fsp3) is 0.0952. The minimum absolute atomic E-state index is 0.137. The van der Waals surface area contributed by atoms with E-state index in [-0.39, 0.29) is 23.8 Å². The van der Waals surface area contributed by atoms with Crippen LogP contribution in [0, 0.1) is 15.9 Å². The predicted molar refractivity (Wildman–Crippen MR) is 102 cm³/mol. The number of hydrogen-bond donors (Lipinski definition) is 0. The van der Waals surface area contributed by atoms with Crippen molar-refractivity contribution in [1.29, 1.82) is 0 Å². The number of nitrogens with zero attached hydrogens (tertiary/aromatic N) is 1. The summed E-state index contributed by atoms with van der Waals surface area (Å²) in [5, 5.41) is 11.0. The molecule has 0 radical (unpaired) electrons. The number of ketones is 1. The molecule has 3 aromatic rings. The van der Waals surface area contributed by atoms with Crippen LogP contribution in [0.2, 0.25) is 0 Å². The molecule has 3 rings (SSSR count). The summed E-state index contributed by atoms with van der Waals surface area (Å²) in [6.45, 7) is -0.137. The van der Waals surface area contributed by atoms with Crippen molar-refractivity contribution in [3.8, 4) is 11.5 Å². The van der Waals surface area contributed by atoms with Crippen molar-refractivity contribution >= 4 is 17.5 Å². The quantitative estimate of drug-likeness (QED) is 0.234. The van der Waals surface area contributed by atoms with Crippen molar-refractivity contribution in [3.63, 3.8) is 0 Å². The smallest absolute Gasteiger partial charge is 0.311 e. The summed E-state index contributed by atoms with van der Waals surface area (Å²) in [4.78, 5) is 22.6. The number of furan rings is 1. The number of carbonyl (C=O) groups excluding carboxylic acids is 1. The van der Waals surface area contributed by atoms with E-state index in [1.165, 1.54) is 19.3 Å². The van der Waals surface area contributed by atoms with Crippen LogP contribution >= 0.6 is 0 Å². The highest BCUT2D eigenvalue weighted by Gasteiger charge is 2.16. The molecule has 148 valence electrons. The van der Waals surface area contributed by atoms with Crippen molar-refractivity contribution in [3.05, 3.63) is 93.7 Å². The molecular weight excluding hydrogens is 381 g/mol. The van der Waals surface area contributed by atoms with Gasteiger partial charge in [0.15, 0.2) is 11.5 Å². The van der Waals surface area contributed by atoms with Gasteiger partial charge in [0, 0.05) is 17.7 Å². The van der Waals surface area contributed by atoms with Gasteiger partial charge in [-0.15, -0.1) is 0 Å². The van der Waals surface area contributed by atoms with Gasteiger partial charge in [-0.05, 0) is 42.5 Å². The molecular formula is C21H16FNO6. The molecule has 0 aliphatic rings. The lowest BCUT2D eigenvalue weighted by Gasteiger charge is -2.05. The SMILES string of the molecule is COc1cccc(C(=O)/C=C/c2ccc(COc3cc(F)ccc3[N+](=O)[O-])o2)c1. The van der Waals surface area contributed by atoms with E-state index < -0.39 is 10.7 Å². The number of carbonyl (C=O) groups is 1. The lowest BCUT2D eigenvalue weighted by atomic mass is 10.1. The van der Waals surface area contributed by atoms with Gasteiger partial charge >= 0.3 is 5.69 Å². The average Bonchev–Trinajstić information content (AvgIpc) is 3.18. The van der Waals surface area contributed by atoms with Crippen molar-refractivity contribution in [2.45, 2.75) is 6.61 Å². The van der Waals surface area contributed by atoms with Crippen molar-refractivity contribution < 1.29 is 28.0 Å². The van der Waals surface area contributed by atoms with Crippen LogP contribution in [0.15, 0.2) is 65.1 Å². The number of nitro groups is 1. The predicted octanol–water partition coefficient (Wildman–Crippen LogP) is 4.81. The third-order valence-electron chi connectivity index (χ3n) is 3.92. The Bertz CT molecular complexity index is 1070. The van der Waals surface area contributed by atoms with E-state index in [1.807, 2.05) is 0 Å². The van der Waals surface area contributed by atoms with E-state index in [2.05, 4.69) is 0 Å². The summed E-state index contributed by atoms with van der Waals surface area (Å²) in [7, 11) is 1.52. The van der Waals surface area contributed by atoms with Gasteiger partial charge < -0.3 is 13.9 Å². The van der Waals surface area contributed by atoms with E-state index >= 15 is 0 Å². The summed E-state index contributed by atoms with van der Waals surface area (Å²) in [5.41, 5.74) is 0.121. The van der Waals surface area contributed by atoms with E-state index in [4.69, 9.17) is 13.9 Å². The van der Waals surface area contributed by atoms with Gasteiger partial charge in [-0.3, -0.25) is 14.9 Å². The van der Waals surface area contributed by atoms with E-state index in [0.29, 0.717) is 22.8 Å². The summed E-state index contributed by atoms with van der Waals surface area (Å²) >= 11 is 0. The number of hydrogen-bond acceptors (Lipinski definition) is 6. The first-order valence-electron chi connectivity index (χ1n) is 8.48. The molecule has 0 unspecified atom stereocenters. The largest absolute Gasteiger partial charge is 0.497 e. The van der Waals surface area contributed by atoms with Crippen LogP contribution in [0.1, 0.15) is 21.9 Å². The summed E-state index contributed by atoms with van der Waals surface area (Å²) in [6, 6.07) is 12.9. The van der Waals surface area contributed by atoms with Crippen molar-refractivity contribution in [1.82, 2.24) is 0 Å². The van der Waals surface area contributed by atoms with Crippen LogP contribution in [-0.4, -0.2) is 17.8 Å². The van der Waals surface area contributed by atoms with Gasteiger partial charge in [-0.1, -0.05) is 12.1 Å². The first kappa shape index (κ1) is 19.8. The van der Waals surface area contributed by atoms with Gasteiger partial charge in [-0.2, -0.15) is 0 Å². The maximum atomic E-state index is 13.3. The molecule has 0 aliphatic heterocycles. The molecule has 1 heterocycles. The number of rotatable bonds is 8. The minimum Gasteiger partial charge on any atom is -0.497 e. The number of allylic oxidation sites excluding steroid dienone is 1. The molecule has 29 heavy (non-hydrogen) atoms. The fourth-order valence-corrected chi connectivity index (χ4v) is 2.50. The maximum Gasteiger partial charge on any atom is 0.311 e. The fourth-order valence-electron chi connectivity index (χ4n) is 2.50.